The molecule has 0 aromatic carbocycles. The topological polar surface area (TPSA) is 66.4 Å². The minimum absolute atomic E-state index is 0.449. The van der Waals surface area contributed by atoms with Gasteiger partial charge in [-0.25, -0.2) is 18.4 Å². The van der Waals surface area contributed by atoms with Gasteiger partial charge in [0.15, 0.2) is 0 Å². The van der Waals surface area contributed by atoms with Gasteiger partial charge in [-0.15, -0.1) is 0 Å². The van der Waals surface area contributed by atoms with E-state index in [0.29, 0.717) is 37.3 Å². The van der Waals surface area contributed by atoms with E-state index >= 15 is 0 Å². The van der Waals surface area contributed by atoms with Crippen LogP contribution < -0.4 is 4.90 Å². The van der Waals surface area contributed by atoms with Crippen LogP contribution in [0, 0.1) is 0 Å². The molecular weight excluding hydrogens is 300 g/mol. The zero-order valence-corrected chi connectivity index (χ0v) is 12.9. The Hall–Kier alpha value is -0.920. The van der Waals surface area contributed by atoms with E-state index in [1.165, 1.54) is 10.6 Å². The lowest BCUT2D eigenvalue weighted by Gasteiger charge is -2.34. The molecule has 0 unspecified atom stereocenters. The maximum Gasteiger partial charge on any atom is 0.211 e. The van der Waals surface area contributed by atoms with Crippen molar-refractivity contribution in [1.82, 2.24) is 14.3 Å². The Morgan fingerprint density at radius 3 is 2.40 bits per heavy atom. The summed E-state index contributed by atoms with van der Waals surface area (Å²) < 4.78 is 24.5. The van der Waals surface area contributed by atoms with E-state index in [2.05, 4.69) is 14.9 Å². The smallest absolute Gasteiger partial charge is 0.211 e. The predicted octanol–water partition coefficient (Wildman–Crippen LogP) is 1.09. The Bertz CT molecular complexity index is 610. The summed E-state index contributed by atoms with van der Waals surface area (Å²) in [7, 11) is -3.10. The van der Waals surface area contributed by atoms with Crippen LogP contribution >= 0.6 is 11.6 Å². The molecule has 1 aromatic heterocycles. The number of sulfonamides is 1. The average molecular weight is 317 g/mol. The highest BCUT2D eigenvalue weighted by Crippen LogP contribution is 2.39. The Kier molecular flexibility index (Phi) is 3.60. The second kappa shape index (κ2) is 5.13. The highest BCUT2D eigenvalue weighted by atomic mass is 35.5. The minimum Gasteiger partial charge on any atom is -0.354 e. The SMILES string of the molecule is CS(=O)(=O)N1CCN(c2cc(Cl)nc(C3CC3)n2)CC1. The van der Waals surface area contributed by atoms with Gasteiger partial charge in [0.1, 0.15) is 16.8 Å². The quantitative estimate of drug-likeness (QED) is 0.781. The molecule has 0 N–H and O–H groups in total. The van der Waals surface area contributed by atoms with Crippen molar-refractivity contribution in [2.24, 2.45) is 0 Å². The van der Waals surface area contributed by atoms with E-state index in [1.807, 2.05) is 0 Å². The molecule has 1 aliphatic heterocycles. The number of nitrogens with zero attached hydrogens (tertiary/aromatic N) is 4. The van der Waals surface area contributed by atoms with Crippen molar-refractivity contribution in [3.05, 3.63) is 17.0 Å². The van der Waals surface area contributed by atoms with Crippen molar-refractivity contribution in [2.45, 2.75) is 18.8 Å². The van der Waals surface area contributed by atoms with Crippen LogP contribution in [0.2, 0.25) is 5.15 Å². The van der Waals surface area contributed by atoms with Gasteiger partial charge in [0.25, 0.3) is 0 Å². The number of hydrogen-bond donors (Lipinski definition) is 0. The van der Waals surface area contributed by atoms with Gasteiger partial charge in [0, 0.05) is 38.2 Å². The van der Waals surface area contributed by atoms with E-state index in [0.717, 1.165) is 24.5 Å². The zero-order valence-electron chi connectivity index (χ0n) is 11.3. The molecule has 3 rings (SSSR count). The highest BCUT2D eigenvalue weighted by molar-refractivity contribution is 7.88. The van der Waals surface area contributed by atoms with Gasteiger partial charge < -0.3 is 4.90 Å². The van der Waals surface area contributed by atoms with Crippen LogP contribution in [0.25, 0.3) is 0 Å². The second-order valence-electron chi connectivity index (χ2n) is 5.33. The summed E-state index contributed by atoms with van der Waals surface area (Å²) in [6.45, 7) is 2.23. The number of rotatable bonds is 3. The zero-order chi connectivity index (χ0) is 14.3. The van der Waals surface area contributed by atoms with Crippen molar-refractivity contribution in [3.63, 3.8) is 0 Å². The van der Waals surface area contributed by atoms with Crippen LogP contribution in [0.3, 0.4) is 0 Å². The Labute approximate surface area is 123 Å². The van der Waals surface area contributed by atoms with E-state index in [1.54, 1.807) is 6.07 Å². The molecule has 0 atom stereocenters. The minimum atomic E-state index is -3.10. The van der Waals surface area contributed by atoms with Gasteiger partial charge in [-0.1, -0.05) is 11.6 Å². The lowest BCUT2D eigenvalue weighted by atomic mass is 10.3. The van der Waals surface area contributed by atoms with Crippen molar-refractivity contribution in [2.75, 3.05) is 37.3 Å². The molecule has 1 saturated heterocycles. The molecule has 20 heavy (non-hydrogen) atoms. The Morgan fingerprint density at radius 1 is 1.20 bits per heavy atom. The van der Waals surface area contributed by atoms with Gasteiger partial charge in [-0.2, -0.15) is 4.31 Å². The first kappa shape index (κ1) is 14.0. The normalized spacial score (nSPS) is 21.2. The maximum atomic E-state index is 11.5. The van der Waals surface area contributed by atoms with Gasteiger partial charge >= 0.3 is 0 Å². The molecule has 0 bridgehead atoms. The molecule has 2 aliphatic rings. The van der Waals surface area contributed by atoms with Crippen LogP contribution in [0.15, 0.2) is 6.07 Å². The predicted molar refractivity (Wildman–Crippen MR) is 77.6 cm³/mol. The van der Waals surface area contributed by atoms with E-state index in [4.69, 9.17) is 11.6 Å². The summed E-state index contributed by atoms with van der Waals surface area (Å²) in [6.07, 6.45) is 3.50. The molecule has 2 fully saturated rings. The average Bonchev–Trinajstić information content (AvgIpc) is 3.21. The van der Waals surface area contributed by atoms with Crippen molar-refractivity contribution in [1.29, 1.82) is 0 Å². The third-order valence-electron chi connectivity index (χ3n) is 3.67. The molecule has 1 saturated carbocycles. The number of hydrogen-bond acceptors (Lipinski definition) is 5. The summed E-state index contributed by atoms with van der Waals surface area (Å²) in [4.78, 5) is 10.9. The molecule has 6 nitrogen and oxygen atoms in total. The van der Waals surface area contributed by atoms with Crippen LogP contribution in [0.4, 0.5) is 5.82 Å². The van der Waals surface area contributed by atoms with Gasteiger partial charge in [-0.05, 0) is 12.8 Å². The fraction of sp³-hybridized carbons (Fsp3) is 0.667. The monoisotopic (exact) mass is 316 g/mol. The number of halogens is 1. The Balaban J connectivity index is 1.74. The standard InChI is InChI=1S/C12H17ClN4O2S/c1-20(18,19)17-6-4-16(5-7-17)11-8-10(13)14-12(15-11)9-2-3-9/h8-9H,2-7H2,1H3. The molecule has 110 valence electrons. The van der Waals surface area contributed by atoms with Gasteiger partial charge in [0.2, 0.25) is 10.0 Å². The Morgan fingerprint density at radius 2 is 1.85 bits per heavy atom. The summed E-state index contributed by atoms with van der Waals surface area (Å²) in [5.41, 5.74) is 0. The van der Waals surface area contributed by atoms with E-state index < -0.39 is 10.0 Å². The maximum absolute atomic E-state index is 11.5. The molecule has 0 amide bonds. The van der Waals surface area contributed by atoms with Crippen molar-refractivity contribution in [3.8, 4) is 0 Å². The van der Waals surface area contributed by atoms with E-state index in [9.17, 15) is 8.42 Å². The number of anilines is 1. The summed E-state index contributed by atoms with van der Waals surface area (Å²) in [5, 5.41) is 0.461. The first-order valence-corrected chi connectivity index (χ1v) is 8.90. The third kappa shape index (κ3) is 3.05. The number of aromatic nitrogens is 2. The van der Waals surface area contributed by atoms with Crippen LogP contribution in [0.1, 0.15) is 24.6 Å². The van der Waals surface area contributed by atoms with Gasteiger partial charge in [0.05, 0.1) is 6.26 Å². The molecule has 8 heteroatoms. The van der Waals surface area contributed by atoms with Crippen molar-refractivity contribution < 1.29 is 8.42 Å². The fourth-order valence-electron chi connectivity index (χ4n) is 2.36. The lowest BCUT2D eigenvalue weighted by molar-refractivity contribution is 0.386. The van der Waals surface area contributed by atoms with Crippen LogP contribution in [-0.4, -0.2) is 55.1 Å². The van der Waals surface area contributed by atoms with Crippen LogP contribution in [-0.2, 0) is 10.0 Å². The summed E-state index contributed by atoms with van der Waals surface area (Å²) in [6, 6.07) is 1.75. The highest BCUT2D eigenvalue weighted by Gasteiger charge is 2.29. The first-order valence-electron chi connectivity index (χ1n) is 6.68. The lowest BCUT2D eigenvalue weighted by Crippen LogP contribution is -2.48. The molecule has 1 aliphatic carbocycles. The molecule has 1 aromatic rings. The number of piperazine rings is 1. The van der Waals surface area contributed by atoms with E-state index in [-0.39, 0.29) is 0 Å². The second-order valence-corrected chi connectivity index (χ2v) is 7.70. The largest absolute Gasteiger partial charge is 0.354 e. The molecule has 0 spiro atoms. The summed E-state index contributed by atoms with van der Waals surface area (Å²) >= 11 is 6.06. The van der Waals surface area contributed by atoms with Gasteiger partial charge in [-0.3, -0.25) is 0 Å². The molecule has 0 radical (unpaired) electrons. The third-order valence-corrected chi connectivity index (χ3v) is 5.17. The van der Waals surface area contributed by atoms with Crippen molar-refractivity contribution >= 4 is 27.4 Å². The van der Waals surface area contributed by atoms with Crippen LogP contribution in [0.5, 0.6) is 0 Å². The fourth-order valence-corrected chi connectivity index (χ4v) is 3.37. The molecular formula is C12H17ClN4O2S. The first-order chi connectivity index (χ1) is 9.43. The molecule has 2 heterocycles. The summed E-state index contributed by atoms with van der Waals surface area (Å²) in [5.74, 6) is 2.07.